The Kier molecular flexibility index (Phi) is 6.16. The van der Waals surface area contributed by atoms with Gasteiger partial charge in [-0.15, -0.1) is 0 Å². The predicted molar refractivity (Wildman–Crippen MR) is 75.6 cm³/mol. The lowest BCUT2D eigenvalue weighted by molar-refractivity contribution is -0.123. The predicted octanol–water partition coefficient (Wildman–Crippen LogP) is 2.51. The van der Waals surface area contributed by atoms with E-state index in [9.17, 15) is 4.79 Å². The molecule has 2 atom stereocenters. The Hall–Kier alpha value is -1.06. The highest BCUT2D eigenvalue weighted by Crippen LogP contribution is 2.16. The van der Waals surface area contributed by atoms with E-state index in [1.54, 1.807) is 0 Å². The van der Waals surface area contributed by atoms with Crippen LogP contribution in [0.1, 0.15) is 32.3 Å². The van der Waals surface area contributed by atoms with Crippen molar-refractivity contribution < 1.29 is 4.79 Å². The molecule has 1 aromatic rings. The standard InChI is InChI=1S/C14H21ClN2O/c1-3-6-13(16)14(18)17-10(2)9-11-7-4-5-8-12(11)15/h4-5,7-8,10,13H,3,6,9,16H2,1-2H3,(H,17,18)/t10?,13-/m1/s1. The summed E-state index contributed by atoms with van der Waals surface area (Å²) in [4.78, 5) is 11.7. The van der Waals surface area contributed by atoms with Gasteiger partial charge in [0, 0.05) is 11.1 Å². The Morgan fingerprint density at radius 3 is 2.72 bits per heavy atom. The first-order valence-corrected chi connectivity index (χ1v) is 6.71. The van der Waals surface area contributed by atoms with Crippen molar-refractivity contribution in [3.05, 3.63) is 34.9 Å². The lowest BCUT2D eigenvalue weighted by Gasteiger charge is -2.17. The number of benzene rings is 1. The fourth-order valence-electron chi connectivity index (χ4n) is 1.84. The van der Waals surface area contributed by atoms with Crippen molar-refractivity contribution in [2.45, 2.75) is 45.2 Å². The lowest BCUT2D eigenvalue weighted by atomic mass is 10.1. The van der Waals surface area contributed by atoms with E-state index in [0.29, 0.717) is 12.8 Å². The molecule has 4 heteroatoms. The van der Waals surface area contributed by atoms with E-state index < -0.39 is 6.04 Å². The van der Waals surface area contributed by atoms with Gasteiger partial charge in [-0.1, -0.05) is 43.1 Å². The van der Waals surface area contributed by atoms with Crippen LogP contribution in [0.15, 0.2) is 24.3 Å². The normalized spacial score (nSPS) is 14.0. The van der Waals surface area contributed by atoms with E-state index in [-0.39, 0.29) is 11.9 Å². The van der Waals surface area contributed by atoms with Crippen LogP contribution in [0.2, 0.25) is 5.02 Å². The van der Waals surface area contributed by atoms with Crippen LogP contribution < -0.4 is 11.1 Å². The maximum atomic E-state index is 11.7. The highest BCUT2D eigenvalue weighted by Gasteiger charge is 2.15. The van der Waals surface area contributed by atoms with Gasteiger partial charge in [0.15, 0.2) is 0 Å². The van der Waals surface area contributed by atoms with E-state index in [4.69, 9.17) is 17.3 Å². The highest BCUT2D eigenvalue weighted by atomic mass is 35.5. The smallest absolute Gasteiger partial charge is 0.237 e. The number of rotatable bonds is 6. The molecular weight excluding hydrogens is 248 g/mol. The summed E-state index contributed by atoms with van der Waals surface area (Å²) in [5.41, 5.74) is 6.80. The minimum atomic E-state index is -0.413. The number of nitrogens with two attached hydrogens (primary N) is 1. The molecule has 0 aliphatic rings. The average molecular weight is 269 g/mol. The van der Waals surface area contributed by atoms with Gasteiger partial charge in [0.25, 0.3) is 0 Å². The summed E-state index contributed by atoms with van der Waals surface area (Å²) in [5.74, 6) is -0.0867. The fourth-order valence-corrected chi connectivity index (χ4v) is 2.05. The summed E-state index contributed by atoms with van der Waals surface area (Å²) in [6, 6.07) is 7.28. The first kappa shape index (κ1) is 15.0. The van der Waals surface area contributed by atoms with Crippen LogP contribution in [-0.4, -0.2) is 18.0 Å². The summed E-state index contributed by atoms with van der Waals surface area (Å²) in [7, 11) is 0. The summed E-state index contributed by atoms with van der Waals surface area (Å²) < 4.78 is 0. The van der Waals surface area contributed by atoms with Gasteiger partial charge < -0.3 is 11.1 Å². The van der Waals surface area contributed by atoms with Crippen molar-refractivity contribution in [3.63, 3.8) is 0 Å². The molecule has 1 aromatic carbocycles. The van der Waals surface area contributed by atoms with Gasteiger partial charge in [-0.25, -0.2) is 0 Å². The molecule has 18 heavy (non-hydrogen) atoms. The molecule has 0 saturated carbocycles. The van der Waals surface area contributed by atoms with Crippen LogP contribution in [0.25, 0.3) is 0 Å². The second-order valence-electron chi connectivity index (χ2n) is 4.60. The summed E-state index contributed by atoms with van der Waals surface area (Å²) in [5, 5.41) is 3.65. The third-order valence-electron chi connectivity index (χ3n) is 2.81. The molecule has 0 heterocycles. The number of amides is 1. The molecule has 0 spiro atoms. The third-order valence-corrected chi connectivity index (χ3v) is 3.18. The van der Waals surface area contributed by atoms with Crippen LogP contribution in [0, 0.1) is 0 Å². The Morgan fingerprint density at radius 1 is 1.44 bits per heavy atom. The van der Waals surface area contributed by atoms with Crippen LogP contribution in [0.5, 0.6) is 0 Å². The van der Waals surface area contributed by atoms with E-state index in [1.807, 2.05) is 38.1 Å². The molecule has 1 unspecified atom stereocenters. The van der Waals surface area contributed by atoms with Gasteiger partial charge in [0.1, 0.15) is 0 Å². The number of carbonyl (C=O) groups is 1. The number of nitrogens with one attached hydrogen (secondary N) is 1. The second-order valence-corrected chi connectivity index (χ2v) is 5.01. The summed E-state index contributed by atoms with van der Waals surface area (Å²) >= 11 is 6.08. The van der Waals surface area contributed by atoms with Crippen molar-refractivity contribution in [3.8, 4) is 0 Å². The SMILES string of the molecule is CCC[C@@H](N)C(=O)NC(C)Cc1ccccc1Cl. The minimum Gasteiger partial charge on any atom is -0.352 e. The zero-order chi connectivity index (χ0) is 13.5. The molecule has 1 amide bonds. The van der Waals surface area contributed by atoms with Gasteiger partial charge in [0.05, 0.1) is 6.04 Å². The molecule has 0 aliphatic carbocycles. The topological polar surface area (TPSA) is 55.1 Å². The summed E-state index contributed by atoms with van der Waals surface area (Å²) in [6.07, 6.45) is 2.34. The van der Waals surface area contributed by atoms with E-state index in [2.05, 4.69) is 5.32 Å². The molecular formula is C14H21ClN2O. The van der Waals surface area contributed by atoms with Crippen molar-refractivity contribution >= 4 is 17.5 Å². The van der Waals surface area contributed by atoms with Gasteiger partial charge in [-0.05, 0) is 31.4 Å². The van der Waals surface area contributed by atoms with Crippen LogP contribution in [0.4, 0.5) is 0 Å². The van der Waals surface area contributed by atoms with Crippen molar-refractivity contribution in [2.24, 2.45) is 5.73 Å². The lowest BCUT2D eigenvalue weighted by Crippen LogP contribution is -2.45. The molecule has 0 fully saturated rings. The van der Waals surface area contributed by atoms with Gasteiger partial charge in [-0.3, -0.25) is 4.79 Å². The first-order chi connectivity index (χ1) is 8.54. The van der Waals surface area contributed by atoms with Crippen LogP contribution >= 0.6 is 11.6 Å². The first-order valence-electron chi connectivity index (χ1n) is 6.34. The molecule has 100 valence electrons. The molecule has 0 radical (unpaired) electrons. The van der Waals surface area contributed by atoms with Gasteiger partial charge in [0.2, 0.25) is 5.91 Å². The third kappa shape index (κ3) is 4.67. The quantitative estimate of drug-likeness (QED) is 0.833. The average Bonchev–Trinajstić information content (AvgIpc) is 2.32. The Morgan fingerprint density at radius 2 is 2.11 bits per heavy atom. The zero-order valence-corrected chi connectivity index (χ0v) is 11.7. The Balaban J connectivity index is 2.49. The van der Waals surface area contributed by atoms with Crippen molar-refractivity contribution in [1.82, 2.24) is 5.32 Å². The largest absolute Gasteiger partial charge is 0.352 e. The minimum absolute atomic E-state index is 0.0281. The monoisotopic (exact) mass is 268 g/mol. The second kappa shape index (κ2) is 7.39. The van der Waals surface area contributed by atoms with Crippen molar-refractivity contribution in [2.75, 3.05) is 0 Å². The molecule has 0 saturated heterocycles. The van der Waals surface area contributed by atoms with Crippen molar-refractivity contribution in [1.29, 1.82) is 0 Å². The van der Waals surface area contributed by atoms with Gasteiger partial charge in [-0.2, -0.15) is 0 Å². The maximum Gasteiger partial charge on any atom is 0.237 e. The molecule has 0 aliphatic heterocycles. The molecule has 0 aromatic heterocycles. The number of hydrogen-bond acceptors (Lipinski definition) is 2. The highest BCUT2D eigenvalue weighted by molar-refractivity contribution is 6.31. The Labute approximate surface area is 114 Å². The maximum absolute atomic E-state index is 11.7. The summed E-state index contributed by atoms with van der Waals surface area (Å²) in [6.45, 7) is 3.97. The molecule has 0 bridgehead atoms. The zero-order valence-electron chi connectivity index (χ0n) is 10.9. The van der Waals surface area contributed by atoms with Crippen LogP contribution in [-0.2, 0) is 11.2 Å². The van der Waals surface area contributed by atoms with E-state index in [1.165, 1.54) is 0 Å². The number of hydrogen-bond donors (Lipinski definition) is 2. The number of halogens is 1. The Bertz CT molecular complexity index is 395. The van der Waals surface area contributed by atoms with E-state index in [0.717, 1.165) is 17.0 Å². The molecule has 3 N–H and O–H groups in total. The molecule has 1 rings (SSSR count). The number of carbonyl (C=O) groups excluding carboxylic acids is 1. The molecule has 3 nitrogen and oxygen atoms in total. The van der Waals surface area contributed by atoms with Crippen LogP contribution in [0.3, 0.4) is 0 Å². The van der Waals surface area contributed by atoms with E-state index >= 15 is 0 Å². The fraction of sp³-hybridized carbons (Fsp3) is 0.500. The van der Waals surface area contributed by atoms with Gasteiger partial charge >= 0.3 is 0 Å².